The van der Waals surface area contributed by atoms with E-state index >= 15 is 0 Å². The van der Waals surface area contributed by atoms with Crippen LogP contribution in [0.1, 0.15) is 16.1 Å². The molecular weight excluding hydrogens is 468 g/mol. The third kappa shape index (κ3) is 3.70. The number of carbonyl (C=O) groups is 1. The molecule has 0 aliphatic rings. The molecule has 0 bridgehead atoms. The van der Waals surface area contributed by atoms with Gasteiger partial charge in [0.2, 0.25) is 5.13 Å². The van der Waals surface area contributed by atoms with Gasteiger partial charge in [-0.3, -0.25) is 15.1 Å². The van der Waals surface area contributed by atoms with E-state index in [0.717, 1.165) is 26.5 Å². The van der Waals surface area contributed by atoms with Crippen LogP contribution in [0.25, 0.3) is 31.8 Å². The largest absolute Gasteiger partial charge is 0.460 e. The van der Waals surface area contributed by atoms with E-state index in [-0.39, 0.29) is 5.91 Å². The standard InChI is InChI=1S/C25H16N4O3S2/c1-14-21(23(30)27-25-29-28-24(34-25)15-5-3-2-4-6-15)17-8-7-16(13-20(17)31-14)32-19-9-11-26-18-10-12-33-22(18)19/h2-13H,1H3,(H,27,29,30). The summed E-state index contributed by atoms with van der Waals surface area (Å²) in [5, 5.41) is 15.0. The minimum Gasteiger partial charge on any atom is -0.460 e. The SMILES string of the molecule is Cc1oc2cc(Oc3ccnc4ccsc34)ccc2c1C(=O)Nc1nnc(-c2ccccc2)s1. The zero-order chi connectivity index (χ0) is 23.1. The number of thiophene rings is 1. The summed E-state index contributed by atoms with van der Waals surface area (Å²) in [4.78, 5) is 17.4. The van der Waals surface area contributed by atoms with Crippen LogP contribution in [0, 0.1) is 6.92 Å². The van der Waals surface area contributed by atoms with Crippen molar-refractivity contribution in [3.8, 4) is 22.1 Å². The first-order valence-corrected chi connectivity index (χ1v) is 12.1. The fraction of sp³-hybridized carbons (Fsp3) is 0.0400. The summed E-state index contributed by atoms with van der Waals surface area (Å²) in [7, 11) is 0. The van der Waals surface area contributed by atoms with Crippen molar-refractivity contribution in [2.24, 2.45) is 0 Å². The molecule has 0 fully saturated rings. The van der Waals surface area contributed by atoms with Crippen molar-refractivity contribution in [1.29, 1.82) is 0 Å². The number of carbonyl (C=O) groups excluding carboxylic acids is 1. The van der Waals surface area contributed by atoms with E-state index in [9.17, 15) is 4.79 Å². The molecule has 4 heterocycles. The molecule has 0 saturated carbocycles. The first kappa shape index (κ1) is 20.5. The molecule has 0 aliphatic carbocycles. The van der Waals surface area contributed by atoms with Gasteiger partial charge in [-0.05, 0) is 30.5 Å². The number of anilines is 1. The Morgan fingerprint density at radius 2 is 1.94 bits per heavy atom. The third-order valence-electron chi connectivity index (χ3n) is 5.27. The number of aryl methyl sites for hydroxylation is 1. The zero-order valence-electron chi connectivity index (χ0n) is 17.8. The van der Waals surface area contributed by atoms with Gasteiger partial charge in [0, 0.05) is 29.3 Å². The second-order valence-electron chi connectivity index (χ2n) is 7.47. The molecule has 0 radical (unpaired) electrons. The van der Waals surface area contributed by atoms with Gasteiger partial charge in [-0.25, -0.2) is 0 Å². The van der Waals surface area contributed by atoms with Crippen LogP contribution in [0.5, 0.6) is 11.5 Å². The fourth-order valence-electron chi connectivity index (χ4n) is 3.73. The molecule has 0 atom stereocenters. The second-order valence-corrected chi connectivity index (χ2v) is 9.36. The molecule has 2 aromatic carbocycles. The highest BCUT2D eigenvalue weighted by Gasteiger charge is 2.20. The summed E-state index contributed by atoms with van der Waals surface area (Å²) < 4.78 is 13.0. The number of rotatable bonds is 5. The molecule has 0 unspecified atom stereocenters. The van der Waals surface area contributed by atoms with Crippen LogP contribution in [0.2, 0.25) is 0 Å². The number of furan rings is 1. The number of hydrogen-bond acceptors (Lipinski definition) is 8. The van der Waals surface area contributed by atoms with E-state index in [1.807, 2.05) is 60.0 Å². The molecule has 7 nitrogen and oxygen atoms in total. The molecule has 166 valence electrons. The van der Waals surface area contributed by atoms with E-state index in [1.54, 1.807) is 30.5 Å². The zero-order valence-corrected chi connectivity index (χ0v) is 19.4. The monoisotopic (exact) mass is 484 g/mol. The van der Waals surface area contributed by atoms with Crippen molar-refractivity contribution < 1.29 is 13.9 Å². The maximum atomic E-state index is 13.1. The molecule has 34 heavy (non-hydrogen) atoms. The average molecular weight is 485 g/mol. The number of fused-ring (bicyclic) bond motifs is 2. The predicted molar refractivity (Wildman–Crippen MR) is 134 cm³/mol. The lowest BCUT2D eigenvalue weighted by Gasteiger charge is -2.06. The molecule has 6 rings (SSSR count). The maximum absolute atomic E-state index is 13.1. The number of nitrogens with one attached hydrogen (secondary N) is 1. The molecule has 1 amide bonds. The Labute approximate surface area is 201 Å². The average Bonchev–Trinajstić information content (AvgIpc) is 3.58. The third-order valence-corrected chi connectivity index (χ3v) is 7.07. The highest BCUT2D eigenvalue weighted by molar-refractivity contribution is 7.18. The van der Waals surface area contributed by atoms with E-state index in [1.165, 1.54) is 11.3 Å². The molecule has 9 heteroatoms. The highest BCUT2D eigenvalue weighted by Crippen LogP contribution is 2.35. The van der Waals surface area contributed by atoms with Gasteiger partial charge in [0.1, 0.15) is 27.8 Å². The number of aromatic nitrogens is 3. The van der Waals surface area contributed by atoms with Crippen molar-refractivity contribution in [2.45, 2.75) is 6.92 Å². The number of amides is 1. The lowest BCUT2D eigenvalue weighted by molar-refractivity contribution is 0.102. The van der Waals surface area contributed by atoms with E-state index in [2.05, 4.69) is 20.5 Å². The lowest BCUT2D eigenvalue weighted by Crippen LogP contribution is -2.12. The number of pyridine rings is 1. The van der Waals surface area contributed by atoms with Gasteiger partial charge in [-0.2, -0.15) is 0 Å². The van der Waals surface area contributed by atoms with Crippen molar-refractivity contribution in [1.82, 2.24) is 15.2 Å². The molecule has 4 aromatic heterocycles. The highest BCUT2D eigenvalue weighted by atomic mass is 32.1. The summed E-state index contributed by atoms with van der Waals surface area (Å²) in [6, 6.07) is 19.0. The van der Waals surface area contributed by atoms with Gasteiger partial charge in [0.05, 0.1) is 15.8 Å². The lowest BCUT2D eigenvalue weighted by atomic mass is 10.1. The molecule has 0 saturated heterocycles. The summed E-state index contributed by atoms with van der Waals surface area (Å²) in [6.07, 6.45) is 1.72. The van der Waals surface area contributed by atoms with E-state index in [0.29, 0.717) is 33.2 Å². The van der Waals surface area contributed by atoms with Crippen molar-refractivity contribution >= 4 is 54.9 Å². The van der Waals surface area contributed by atoms with E-state index in [4.69, 9.17) is 9.15 Å². The molecular formula is C25H16N4O3S2. The van der Waals surface area contributed by atoms with Crippen LogP contribution in [0.4, 0.5) is 5.13 Å². The van der Waals surface area contributed by atoms with Gasteiger partial charge < -0.3 is 9.15 Å². The molecule has 1 N–H and O–H groups in total. The van der Waals surface area contributed by atoms with Crippen LogP contribution in [-0.2, 0) is 0 Å². The normalized spacial score (nSPS) is 11.2. The van der Waals surface area contributed by atoms with Crippen LogP contribution >= 0.6 is 22.7 Å². The smallest absolute Gasteiger partial charge is 0.261 e. The number of nitrogens with zero attached hydrogens (tertiary/aromatic N) is 3. The van der Waals surface area contributed by atoms with Gasteiger partial charge in [0.25, 0.3) is 5.91 Å². The Hall–Kier alpha value is -4.08. The topological polar surface area (TPSA) is 90.1 Å². The minimum atomic E-state index is -0.296. The van der Waals surface area contributed by atoms with Crippen LogP contribution in [0.15, 0.2) is 76.7 Å². The van der Waals surface area contributed by atoms with Gasteiger partial charge in [-0.1, -0.05) is 41.7 Å². The molecule has 0 aliphatic heterocycles. The van der Waals surface area contributed by atoms with E-state index < -0.39 is 0 Å². The summed E-state index contributed by atoms with van der Waals surface area (Å²) in [5.41, 5.74) is 2.87. The first-order valence-electron chi connectivity index (χ1n) is 10.4. The van der Waals surface area contributed by atoms with Crippen LogP contribution in [-0.4, -0.2) is 21.1 Å². The van der Waals surface area contributed by atoms with Crippen molar-refractivity contribution in [3.63, 3.8) is 0 Å². The van der Waals surface area contributed by atoms with Gasteiger partial charge >= 0.3 is 0 Å². The quantitative estimate of drug-likeness (QED) is 0.286. The number of hydrogen-bond donors (Lipinski definition) is 1. The Morgan fingerprint density at radius 1 is 1.06 bits per heavy atom. The Balaban J connectivity index is 1.26. The summed E-state index contributed by atoms with van der Waals surface area (Å²) >= 11 is 2.89. The maximum Gasteiger partial charge on any atom is 0.261 e. The summed E-state index contributed by atoms with van der Waals surface area (Å²) in [5.74, 6) is 1.56. The Bertz CT molecular complexity index is 1650. The number of ether oxygens (including phenoxy) is 1. The molecule has 6 aromatic rings. The van der Waals surface area contributed by atoms with Crippen LogP contribution in [0.3, 0.4) is 0 Å². The Kier molecular flexibility index (Phi) is 5.05. The summed E-state index contributed by atoms with van der Waals surface area (Å²) in [6.45, 7) is 1.77. The predicted octanol–water partition coefficient (Wildman–Crippen LogP) is 6.91. The second kappa shape index (κ2) is 8.36. The minimum absolute atomic E-state index is 0.296. The Morgan fingerprint density at radius 3 is 2.82 bits per heavy atom. The molecule has 0 spiro atoms. The van der Waals surface area contributed by atoms with Crippen molar-refractivity contribution in [3.05, 3.63) is 83.6 Å². The van der Waals surface area contributed by atoms with Gasteiger partial charge in [-0.15, -0.1) is 21.5 Å². The van der Waals surface area contributed by atoms with Crippen LogP contribution < -0.4 is 10.1 Å². The van der Waals surface area contributed by atoms with Gasteiger partial charge in [0.15, 0.2) is 0 Å². The first-order chi connectivity index (χ1) is 16.7. The fourth-order valence-corrected chi connectivity index (χ4v) is 5.28. The van der Waals surface area contributed by atoms with Crippen molar-refractivity contribution in [2.75, 3.05) is 5.32 Å². The number of benzene rings is 2.